The molecule has 0 radical (unpaired) electrons. The van der Waals surface area contributed by atoms with E-state index in [2.05, 4.69) is 182 Å². The molecule has 1 saturated heterocycles. The summed E-state index contributed by atoms with van der Waals surface area (Å²) in [6.45, 7) is 54.6. The molecule has 8 aliphatic rings. The van der Waals surface area contributed by atoms with E-state index in [0.717, 1.165) is 130 Å². The summed E-state index contributed by atoms with van der Waals surface area (Å²) in [6, 6.07) is 7.14. The lowest BCUT2D eigenvalue weighted by molar-refractivity contribution is -0.251. The largest absolute Gasteiger partial charge is 0.480 e. The zero-order valence-corrected chi connectivity index (χ0v) is 74.3. The second kappa shape index (κ2) is 43.6. The third-order valence-electron chi connectivity index (χ3n) is 26.5. The third kappa shape index (κ3) is 28.9. The number of carboxylic acid groups (broad SMARTS) is 1. The lowest BCUT2D eigenvalue weighted by Crippen LogP contribution is -2.64. The van der Waals surface area contributed by atoms with Gasteiger partial charge in [0.1, 0.15) is 23.3 Å². The summed E-state index contributed by atoms with van der Waals surface area (Å²) in [6.07, 6.45) is 35.2. The fraction of sp³-hybridized carbons (Fsp3) is 0.716. The van der Waals surface area contributed by atoms with Crippen molar-refractivity contribution in [1.29, 1.82) is 0 Å². The van der Waals surface area contributed by atoms with Crippen LogP contribution >= 0.6 is 0 Å². The Labute approximate surface area is 677 Å². The van der Waals surface area contributed by atoms with Crippen LogP contribution in [0.5, 0.6) is 0 Å². The molecule has 15 unspecified atom stereocenters. The molecule has 10 rings (SSSR count). The van der Waals surface area contributed by atoms with E-state index in [0.29, 0.717) is 35.3 Å². The molecular formula is C95H154N4O13. The van der Waals surface area contributed by atoms with E-state index in [1.54, 1.807) is 17.7 Å². The highest BCUT2D eigenvalue weighted by molar-refractivity contribution is 5.96. The summed E-state index contributed by atoms with van der Waals surface area (Å²) in [5.41, 5.74) is 15.6. The number of hydrogen-bond donors (Lipinski definition) is 6. The van der Waals surface area contributed by atoms with Crippen LogP contribution in [0, 0.1) is 69.5 Å². The van der Waals surface area contributed by atoms with Crippen LogP contribution in [0.15, 0.2) is 107 Å². The van der Waals surface area contributed by atoms with Crippen molar-refractivity contribution >= 4 is 35.6 Å². The van der Waals surface area contributed by atoms with Gasteiger partial charge in [-0.2, -0.15) is 0 Å². The number of rotatable bonds is 18. The van der Waals surface area contributed by atoms with Gasteiger partial charge in [0.05, 0.1) is 37.7 Å². The molecule has 2 aromatic rings. The Morgan fingerprint density at radius 2 is 1.47 bits per heavy atom. The van der Waals surface area contributed by atoms with Crippen molar-refractivity contribution in [3.63, 3.8) is 0 Å². The van der Waals surface area contributed by atoms with Crippen molar-refractivity contribution < 1.29 is 63.0 Å². The summed E-state index contributed by atoms with van der Waals surface area (Å²) in [5.74, 6) is 5.10. The Kier molecular flexibility index (Phi) is 38.2. The highest BCUT2D eigenvalue weighted by atomic mass is 16.6. The van der Waals surface area contributed by atoms with Crippen LogP contribution in [-0.4, -0.2) is 116 Å². The lowest BCUT2D eigenvalue weighted by atomic mass is 9.57. The van der Waals surface area contributed by atoms with E-state index in [9.17, 15) is 39.0 Å². The molecule has 632 valence electrons. The molecule has 1 aromatic carbocycles. The number of esters is 3. The van der Waals surface area contributed by atoms with Crippen molar-refractivity contribution in [3.05, 3.63) is 124 Å². The SMILES string of the molecule is C=CC(C)(C)C(=O)C=C(C)C.CC(=O)OC1(C)CCCC(C)(C)C12CCC(C)O2.CC(=O)OC1C=C(C)C2CC(=C(C)C)CC2C(C)C1.CC(C)=CCCC(C)C1(O)CC=C(C)CC1.CC1C2CC(CC2C2CCCC(O)C2)C1(C)C.COC(=O)Cc1ccc(C(C)(C)C)cc1.NCCC(=O)N[C@@H](Cc1cnc[nH]1)C(=O)O. The van der Waals surface area contributed by atoms with Crippen LogP contribution in [0.1, 0.15) is 311 Å². The number of imidazole rings is 1. The van der Waals surface area contributed by atoms with Crippen molar-refractivity contribution in [2.45, 2.75) is 354 Å². The predicted molar refractivity (Wildman–Crippen MR) is 454 cm³/mol. The molecular weight excluding hydrogens is 1410 g/mol. The minimum atomic E-state index is -1.08. The summed E-state index contributed by atoms with van der Waals surface area (Å²) >= 11 is 0. The number of aromatic amines is 1. The smallest absolute Gasteiger partial charge is 0.326 e. The number of H-pyrrole nitrogens is 1. The minimum Gasteiger partial charge on any atom is -0.480 e. The van der Waals surface area contributed by atoms with Crippen LogP contribution in [0.25, 0.3) is 0 Å². The van der Waals surface area contributed by atoms with Gasteiger partial charge < -0.3 is 50.3 Å². The maximum Gasteiger partial charge on any atom is 0.326 e. The van der Waals surface area contributed by atoms with E-state index >= 15 is 0 Å². The topological polar surface area (TPSA) is 267 Å². The van der Waals surface area contributed by atoms with Gasteiger partial charge in [-0.3, -0.25) is 24.0 Å². The van der Waals surface area contributed by atoms with Gasteiger partial charge >= 0.3 is 23.9 Å². The molecule has 5 saturated carbocycles. The first-order chi connectivity index (χ1) is 52.0. The molecule has 7 aliphatic carbocycles. The fourth-order valence-electron chi connectivity index (χ4n) is 18.7. The zero-order valence-electron chi connectivity index (χ0n) is 74.3. The molecule has 17 heteroatoms. The normalized spacial score (nSPS) is 28.9. The van der Waals surface area contributed by atoms with Gasteiger partial charge in [0.25, 0.3) is 0 Å². The van der Waals surface area contributed by atoms with Crippen molar-refractivity contribution in [1.82, 2.24) is 15.3 Å². The predicted octanol–water partition coefficient (Wildman–Crippen LogP) is 20.1. The molecule has 16 atom stereocenters. The first kappa shape index (κ1) is 98.1. The lowest BCUT2D eigenvalue weighted by Gasteiger charge is -2.57. The minimum absolute atomic E-state index is 0.0104. The number of allylic oxidation sites excluding steroid dienone is 9. The maximum atomic E-state index is 11.5. The summed E-state index contributed by atoms with van der Waals surface area (Å²) < 4.78 is 22.1. The summed E-state index contributed by atoms with van der Waals surface area (Å²) in [7, 11) is 1.41. The molecule has 7 N–H and O–H groups in total. The number of nitrogens with one attached hydrogen (secondary N) is 2. The van der Waals surface area contributed by atoms with E-state index in [1.807, 2.05) is 39.8 Å². The number of carbonyl (C=O) groups is 6. The molecule has 2 bridgehead atoms. The maximum absolute atomic E-state index is 11.5. The molecule has 2 heterocycles. The number of carbonyl (C=O) groups excluding carboxylic acids is 5. The Bertz CT molecular complexity index is 3520. The number of aliphatic carboxylic acids is 1. The second-order valence-corrected chi connectivity index (χ2v) is 38.2. The quantitative estimate of drug-likeness (QED) is 0.0351. The van der Waals surface area contributed by atoms with E-state index < -0.39 is 28.6 Å². The van der Waals surface area contributed by atoms with Gasteiger partial charge in [0.15, 0.2) is 5.78 Å². The van der Waals surface area contributed by atoms with Crippen LogP contribution in [0.4, 0.5) is 0 Å². The Hall–Kier alpha value is -6.27. The Balaban J connectivity index is 0.000000277. The van der Waals surface area contributed by atoms with Crippen LogP contribution < -0.4 is 11.1 Å². The van der Waals surface area contributed by atoms with Crippen LogP contribution in [0.3, 0.4) is 0 Å². The summed E-state index contributed by atoms with van der Waals surface area (Å²) in [5, 5.41) is 31.7. The molecule has 112 heavy (non-hydrogen) atoms. The highest BCUT2D eigenvalue weighted by Gasteiger charge is 2.65. The summed E-state index contributed by atoms with van der Waals surface area (Å²) in [4.78, 5) is 73.7. The van der Waals surface area contributed by atoms with Gasteiger partial charge in [-0.1, -0.05) is 152 Å². The van der Waals surface area contributed by atoms with Gasteiger partial charge in [-0.05, 0) is 291 Å². The first-order valence-electron chi connectivity index (χ1n) is 42.3. The number of benzene rings is 1. The third-order valence-corrected chi connectivity index (χ3v) is 26.5. The van der Waals surface area contributed by atoms with Crippen LogP contribution in [-0.2, 0) is 66.0 Å². The average molecular weight is 1560 g/mol. The number of nitrogens with two attached hydrogens (primary N) is 1. The number of hydrogen-bond acceptors (Lipinski definition) is 14. The number of aromatic nitrogens is 2. The average Bonchev–Trinajstić information content (AvgIpc) is 1.62. The zero-order chi connectivity index (χ0) is 84.7. The van der Waals surface area contributed by atoms with Gasteiger partial charge in [0.2, 0.25) is 5.91 Å². The fourth-order valence-corrected chi connectivity index (χ4v) is 18.7. The number of aliphatic hydroxyl groups is 2. The first-order valence-corrected chi connectivity index (χ1v) is 42.3. The monoisotopic (exact) mass is 1560 g/mol. The van der Waals surface area contributed by atoms with Gasteiger partial charge in [-0.15, -0.1) is 6.58 Å². The van der Waals surface area contributed by atoms with Crippen LogP contribution in [0.2, 0.25) is 0 Å². The van der Waals surface area contributed by atoms with Crippen molar-refractivity contribution in [2.75, 3.05) is 13.7 Å². The standard InChI is InChI=1S/C17H26O2.C16H28O.C15H26O3.C15H26O.C13H18O2.C10H16O.C9H14N4O3/c1-10(2)14-8-16-11(3)6-15(19-13(5)18)7-12(4)17(16)9-14;1-10-14-8-12(16(10,2)3)9-15(14)11-5-4-6-13(17)7-11;1-11-7-10-15(17-11)13(3,4)8-6-9-14(15,5)18-12(2)16;1-12(2)6-5-7-14(4)15(16)10-8-13(3)9-11-15;1-13(2,3)11-7-5-10(6-8-11)9-12(14)15-4;1-6-10(4,5)9(11)7-8(2)3;10-2-1-8(14)13-7(9(15)16)3-6-4-11-5-12-6/h6,12,15-17H,7-9H2,1-5H3;10-15,17H,4-9H2,1-3H3;11H,6-10H2,1-5H3;6,8,14,16H,5,7,9-11H2,1-4H3;5-8H,9H2,1-4H3;6-7H,1H2,2-5H3;4-5,7H,1-3,10H2,(H,11,12)(H,13,14)(H,15,16)/t;;;;;;7-/m......0/s1. The number of amides is 1. The Morgan fingerprint density at radius 3 is 1.96 bits per heavy atom. The number of carboxylic acids is 1. The number of methoxy groups -OCH3 is 1. The molecule has 1 spiro atoms. The molecule has 1 aromatic heterocycles. The number of aliphatic hydroxyl groups excluding tert-OH is 1. The number of fused-ring (bicyclic) bond motifs is 3. The van der Waals surface area contributed by atoms with E-state index in [-0.39, 0.29) is 83.7 Å². The molecule has 17 nitrogen and oxygen atoms in total. The van der Waals surface area contributed by atoms with E-state index in [1.165, 1.54) is 99.9 Å². The second-order valence-electron chi connectivity index (χ2n) is 38.2. The van der Waals surface area contributed by atoms with Crippen molar-refractivity contribution in [2.24, 2.45) is 75.2 Å². The van der Waals surface area contributed by atoms with E-state index in [4.69, 9.17) is 25.1 Å². The number of ketones is 1. The molecule has 1 amide bonds. The van der Waals surface area contributed by atoms with Gasteiger partial charge in [0, 0.05) is 50.5 Å². The molecule has 6 fully saturated rings. The van der Waals surface area contributed by atoms with Crippen molar-refractivity contribution in [3.8, 4) is 0 Å². The van der Waals surface area contributed by atoms with Gasteiger partial charge in [-0.25, -0.2) is 9.78 Å². The molecule has 1 aliphatic heterocycles. The highest BCUT2D eigenvalue weighted by Crippen LogP contribution is 2.64. The Morgan fingerprint density at radius 1 is 0.821 bits per heavy atom. The number of ether oxygens (including phenoxy) is 4. The number of nitrogens with zero attached hydrogens (tertiary/aromatic N) is 1.